The summed E-state index contributed by atoms with van der Waals surface area (Å²) in [5, 5.41) is 7.00. The van der Waals surface area contributed by atoms with Gasteiger partial charge >= 0.3 is 0 Å². The number of thiazole rings is 1. The second kappa shape index (κ2) is 7.20. The Morgan fingerprint density at radius 2 is 2.10 bits per heavy atom. The summed E-state index contributed by atoms with van der Waals surface area (Å²) in [5.74, 6) is 0. The zero-order valence-corrected chi connectivity index (χ0v) is 16.1. The molecular weight excluding hydrogens is 391 g/mol. The predicted molar refractivity (Wildman–Crippen MR) is 100 cm³/mol. The molecule has 4 heteroatoms. The molecule has 0 spiro atoms. The van der Waals surface area contributed by atoms with Gasteiger partial charge in [-0.25, -0.2) is 4.98 Å². The van der Waals surface area contributed by atoms with Gasteiger partial charge in [0.05, 0.1) is 10.7 Å². The van der Waals surface area contributed by atoms with E-state index >= 15 is 0 Å². The van der Waals surface area contributed by atoms with E-state index in [9.17, 15) is 0 Å². The minimum Gasteiger partial charge on any atom is -0.310 e. The van der Waals surface area contributed by atoms with Crippen LogP contribution in [0.2, 0.25) is 0 Å². The maximum Gasteiger partial charge on any atom is 0.0947 e. The van der Waals surface area contributed by atoms with Crippen LogP contribution in [0.4, 0.5) is 0 Å². The quantitative estimate of drug-likeness (QED) is 0.702. The molecule has 0 radical (unpaired) electrons. The fourth-order valence-corrected chi connectivity index (χ4v) is 3.84. The summed E-state index contributed by atoms with van der Waals surface area (Å²) in [6.07, 6.45) is 0.953. The van der Waals surface area contributed by atoms with Crippen molar-refractivity contribution in [2.75, 3.05) is 6.54 Å². The SMILES string of the molecule is CCNC(Cc1nc(C(C)(C)C)cs1)c1cccc(I)c1. The summed E-state index contributed by atoms with van der Waals surface area (Å²) in [6.45, 7) is 9.77. The van der Waals surface area contributed by atoms with E-state index in [0.29, 0.717) is 6.04 Å². The minimum atomic E-state index is 0.130. The zero-order chi connectivity index (χ0) is 15.5. The molecule has 21 heavy (non-hydrogen) atoms. The summed E-state index contributed by atoms with van der Waals surface area (Å²) in [5.41, 5.74) is 2.67. The van der Waals surface area contributed by atoms with Crippen LogP contribution in [-0.4, -0.2) is 11.5 Å². The van der Waals surface area contributed by atoms with Gasteiger partial charge in [-0.3, -0.25) is 0 Å². The van der Waals surface area contributed by atoms with E-state index in [4.69, 9.17) is 4.98 Å². The summed E-state index contributed by atoms with van der Waals surface area (Å²) in [6, 6.07) is 9.06. The van der Waals surface area contributed by atoms with Gasteiger partial charge in [0.25, 0.3) is 0 Å². The van der Waals surface area contributed by atoms with Crippen LogP contribution >= 0.6 is 33.9 Å². The van der Waals surface area contributed by atoms with Crippen LogP contribution in [0, 0.1) is 3.57 Å². The summed E-state index contributed by atoms with van der Waals surface area (Å²) in [7, 11) is 0. The normalized spacial score (nSPS) is 13.4. The lowest BCUT2D eigenvalue weighted by molar-refractivity contribution is 0.539. The number of nitrogens with one attached hydrogen (secondary N) is 1. The molecule has 2 rings (SSSR count). The van der Waals surface area contributed by atoms with Crippen molar-refractivity contribution < 1.29 is 0 Å². The Kier molecular flexibility index (Phi) is 5.80. The first-order valence-corrected chi connectivity index (χ1v) is 9.29. The van der Waals surface area contributed by atoms with Gasteiger partial charge in [0.2, 0.25) is 0 Å². The Morgan fingerprint density at radius 3 is 2.67 bits per heavy atom. The van der Waals surface area contributed by atoms with Crippen LogP contribution in [0.15, 0.2) is 29.6 Å². The van der Waals surface area contributed by atoms with E-state index in [1.165, 1.54) is 19.8 Å². The molecule has 1 aromatic carbocycles. The van der Waals surface area contributed by atoms with Gasteiger partial charge in [0, 0.05) is 26.8 Å². The largest absolute Gasteiger partial charge is 0.310 e. The topological polar surface area (TPSA) is 24.9 Å². The number of rotatable bonds is 5. The zero-order valence-electron chi connectivity index (χ0n) is 13.1. The first-order chi connectivity index (χ1) is 9.90. The summed E-state index contributed by atoms with van der Waals surface area (Å²) >= 11 is 4.15. The maximum absolute atomic E-state index is 4.83. The van der Waals surface area contributed by atoms with Gasteiger partial charge in [-0.2, -0.15) is 0 Å². The number of likely N-dealkylation sites (N-methyl/N-ethyl adjacent to an activating group) is 1. The number of benzene rings is 1. The molecule has 0 saturated heterocycles. The third-order valence-corrected chi connectivity index (χ3v) is 4.94. The van der Waals surface area contributed by atoms with E-state index in [1.54, 1.807) is 11.3 Å². The van der Waals surface area contributed by atoms with Gasteiger partial charge in [0.1, 0.15) is 0 Å². The predicted octanol–water partition coefficient (Wildman–Crippen LogP) is 4.94. The van der Waals surface area contributed by atoms with E-state index < -0.39 is 0 Å². The highest BCUT2D eigenvalue weighted by atomic mass is 127. The lowest BCUT2D eigenvalue weighted by atomic mass is 9.93. The van der Waals surface area contributed by atoms with Gasteiger partial charge < -0.3 is 5.32 Å². The Labute approximate surface area is 145 Å². The highest BCUT2D eigenvalue weighted by Crippen LogP contribution is 2.27. The first kappa shape index (κ1) is 16.9. The lowest BCUT2D eigenvalue weighted by Crippen LogP contribution is -2.23. The first-order valence-electron chi connectivity index (χ1n) is 7.34. The van der Waals surface area contributed by atoms with E-state index in [0.717, 1.165) is 13.0 Å². The molecule has 0 aliphatic carbocycles. The van der Waals surface area contributed by atoms with Crippen molar-refractivity contribution in [3.63, 3.8) is 0 Å². The Bertz CT molecular complexity index is 586. The third-order valence-electron chi connectivity index (χ3n) is 3.40. The molecule has 2 aromatic rings. The monoisotopic (exact) mass is 414 g/mol. The highest BCUT2D eigenvalue weighted by Gasteiger charge is 2.19. The third kappa shape index (κ3) is 4.76. The molecule has 2 nitrogen and oxygen atoms in total. The molecule has 0 bridgehead atoms. The molecule has 114 valence electrons. The van der Waals surface area contributed by atoms with Gasteiger partial charge in [-0.15, -0.1) is 11.3 Å². The Balaban J connectivity index is 2.18. The van der Waals surface area contributed by atoms with Crippen molar-refractivity contribution in [1.82, 2.24) is 10.3 Å². The molecule has 0 aliphatic rings. The summed E-state index contributed by atoms with van der Waals surface area (Å²) < 4.78 is 1.28. The number of aromatic nitrogens is 1. The van der Waals surface area contributed by atoms with Crippen LogP contribution in [0.5, 0.6) is 0 Å². The number of hydrogen-bond acceptors (Lipinski definition) is 3. The van der Waals surface area contributed by atoms with E-state index in [-0.39, 0.29) is 5.41 Å². The molecule has 0 fully saturated rings. The van der Waals surface area contributed by atoms with E-state index in [1.807, 2.05) is 0 Å². The fraction of sp³-hybridized carbons (Fsp3) is 0.471. The van der Waals surface area contributed by atoms with Crippen LogP contribution in [0.1, 0.15) is 50.0 Å². The van der Waals surface area contributed by atoms with Gasteiger partial charge in [0.15, 0.2) is 0 Å². The van der Waals surface area contributed by atoms with Crippen molar-refractivity contribution in [3.05, 3.63) is 49.5 Å². The minimum absolute atomic E-state index is 0.130. The molecule has 0 amide bonds. The fourth-order valence-electron chi connectivity index (χ4n) is 2.20. The molecular formula is C17H23IN2S. The summed E-state index contributed by atoms with van der Waals surface area (Å²) in [4.78, 5) is 4.83. The molecule has 1 N–H and O–H groups in total. The van der Waals surface area contributed by atoms with Crippen molar-refractivity contribution in [1.29, 1.82) is 0 Å². The second-order valence-corrected chi connectivity index (χ2v) is 8.43. The van der Waals surface area contributed by atoms with Crippen LogP contribution in [0.25, 0.3) is 0 Å². The Morgan fingerprint density at radius 1 is 1.33 bits per heavy atom. The van der Waals surface area contributed by atoms with Crippen LogP contribution < -0.4 is 5.32 Å². The smallest absolute Gasteiger partial charge is 0.0947 e. The van der Waals surface area contributed by atoms with Crippen LogP contribution in [-0.2, 0) is 11.8 Å². The van der Waals surface area contributed by atoms with Crippen molar-refractivity contribution in [2.45, 2.75) is 45.6 Å². The van der Waals surface area contributed by atoms with Crippen LogP contribution in [0.3, 0.4) is 0 Å². The molecule has 1 aromatic heterocycles. The molecule has 1 unspecified atom stereocenters. The molecule has 1 atom stereocenters. The Hall–Kier alpha value is -0.460. The number of halogens is 1. The van der Waals surface area contributed by atoms with Crippen molar-refractivity contribution in [3.8, 4) is 0 Å². The molecule has 0 saturated carbocycles. The van der Waals surface area contributed by atoms with Gasteiger partial charge in [-0.05, 0) is 46.8 Å². The second-order valence-electron chi connectivity index (χ2n) is 6.25. The average Bonchev–Trinajstić information content (AvgIpc) is 2.87. The highest BCUT2D eigenvalue weighted by molar-refractivity contribution is 14.1. The number of nitrogens with zero attached hydrogens (tertiary/aromatic N) is 1. The van der Waals surface area contributed by atoms with Crippen molar-refractivity contribution in [2.24, 2.45) is 0 Å². The number of hydrogen-bond donors (Lipinski definition) is 1. The van der Waals surface area contributed by atoms with Gasteiger partial charge in [-0.1, -0.05) is 39.8 Å². The van der Waals surface area contributed by atoms with Crippen molar-refractivity contribution >= 4 is 33.9 Å². The standard InChI is InChI=1S/C17H23IN2S/c1-5-19-14(12-7-6-8-13(18)9-12)10-16-20-15(11-21-16)17(2,3)4/h6-9,11,14,19H,5,10H2,1-4H3. The molecule has 0 aliphatic heterocycles. The maximum atomic E-state index is 4.83. The lowest BCUT2D eigenvalue weighted by Gasteiger charge is -2.18. The average molecular weight is 414 g/mol. The van der Waals surface area contributed by atoms with E-state index in [2.05, 4.69) is 85.2 Å². The molecule has 1 heterocycles.